The van der Waals surface area contributed by atoms with Crippen molar-refractivity contribution in [1.82, 2.24) is 4.90 Å². The number of hydrogen-bond donors (Lipinski definition) is 2. The van der Waals surface area contributed by atoms with Gasteiger partial charge in [-0.05, 0) is 68.6 Å². The van der Waals surface area contributed by atoms with Crippen molar-refractivity contribution in [1.29, 1.82) is 5.26 Å². The second-order valence-electron chi connectivity index (χ2n) is 8.34. The Kier molecular flexibility index (Phi) is 3.08. The molecular formula is C17H25N3O2. The van der Waals surface area contributed by atoms with Crippen molar-refractivity contribution in [3.8, 4) is 6.07 Å². The predicted molar refractivity (Wildman–Crippen MR) is 80.4 cm³/mol. The number of nitrogens with zero attached hydrogens (tertiary/aromatic N) is 2. The average molecular weight is 303 g/mol. The number of aliphatic hydroxyl groups is 1. The van der Waals surface area contributed by atoms with Gasteiger partial charge in [-0.3, -0.25) is 4.79 Å². The Labute approximate surface area is 131 Å². The highest BCUT2D eigenvalue weighted by Gasteiger charge is 2.60. The second-order valence-corrected chi connectivity index (χ2v) is 8.34. The zero-order valence-corrected chi connectivity index (χ0v) is 13.0. The molecule has 5 rings (SSSR count). The van der Waals surface area contributed by atoms with Crippen molar-refractivity contribution in [2.75, 3.05) is 6.54 Å². The Morgan fingerprint density at radius 1 is 1.32 bits per heavy atom. The van der Waals surface area contributed by atoms with Crippen LogP contribution in [0.5, 0.6) is 0 Å². The molecule has 4 atom stereocenters. The highest BCUT2D eigenvalue weighted by atomic mass is 16.3. The third-order valence-electron chi connectivity index (χ3n) is 6.69. The van der Waals surface area contributed by atoms with E-state index in [1.807, 2.05) is 0 Å². The molecule has 3 N–H and O–H groups in total. The number of hydrogen-bond acceptors (Lipinski definition) is 4. The quantitative estimate of drug-likeness (QED) is 0.801. The molecule has 4 unspecified atom stereocenters. The molecule has 1 amide bonds. The van der Waals surface area contributed by atoms with E-state index in [1.54, 1.807) is 4.90 Å². The number of carbonyl (C=O) groups excluding carboxylic acids is 1. The average Bonchev–Trinajstić information content (AvgIpc) is 2.91. The van der Waals surface area contributed by atoms with E-state index in [1.165, 1.54) is 6.42 Å². The molecule has 1 heterocycles. The molecule has 5 aliphatic rings. The molecule has 0 radical (unpaired) electrons. The van der Waals surface area contributed by atoms with Crippen LogP contribution >= 0.6 is 0 Å². The summed E-state index contributed by atoms with van der Waals surface area (Å²) in [5, 5.41) is 20.0. The third-order valence-corrected chi connectivity index (χ3v) is 6.69. The van der Waals surface area contributed by atoms with Crippen LogP contribution in [-0.4, -0.2) is 40.1 Å². The third kappa shape index (κ3) is 2.00. The van der Waals surface area contributed by atoms with Crippen LogP contribution < -0.4 is 5.73 Å². The van der Waals surface area contributed by atoms with E-state index in [9.17, 15) is 15.2 Å². The minimum Gasteiger partial charge on any atom is -0.390 e. The van der Waals surface area contributed by atoms with E-state index in [0.29, 0.717) is 24.8 Å². The number of likely N-dealkylation sites (tertiary alicyclic amines) is 1. The molecule has 0 spiro atoms. The largest absolute Gasteiger partial charge is 0.390 e. The number of amides is 1. The molecule has 22 heavy (non-hydrogen) atoms. The van der Waals surface area contributed by atoms with Crippen molar-refractivity contribution in [3.63, 3.8) is 0 Å². The van der Waals surface area contributed by atoms with E-state index in [2.05, 4.69) is 6.07 Å². The van der Waals surface area contributed by atoms with Crippen LogP contribution in [0.1, 0.15) is 51.4 Å². The Morgan fingerprint density at radius 2 is 2.00 bits per heavy atom. The van der Waals surface area contributed by atoms with Crippen LogP contribution in [0.15, 0.2) is 0 Å². The molecule has 4 aliphatic carbocycles. The van der Waals surface area contributed by atoms with Gasteiger partial charge in [0, 0.05) is 6.54 Å². The van der Waals surface area contributed by atoms with Gasteiger partial charge in [0.2, 0.25) is 5.91 Å². The van der Waals surface area contributed by atoms with E-state index in [4.69, 9.17) is 5.73 Å². The van der Waals surface area contributed by atoms with Crippen LogP contribution in [0.2, 0.25) is 0 Å². The summed E-state index contributed by atoms with van der Waals surface area (Å²) in [7, 11) is 0. The van der Waals surface area contributed by atoms with Gasteiger partial charge in [0.15, 0.2) is 0 Å². The lowest BCUT2D eigenvalue weighted by Crippen LogP contribution is -2.64. The van der Waals surface area contributed by atoms with Crippen LogP contribution in [0.25, 0.3) is 0 Å². The molecule has 1 aliphatic heterocycles. The molecule has 0 aromatic rings. The molecule has 120 valence electrons. The van der Waals surface area contributed by atoms with Crippen molar-refractivity contribution in [2.24, 2.45) is 23.0 Å². The van der Waals surface area contributed by atoms with Gasteiger partial charge in [0.1, 0.15) is 6.04 Å². The number of carbonyl (C=O) groups is 1. The fourth-order valence-corrected chi connectivity index (χ4v) is 6.25. The van der Waals surface area contributed by atoms with Gasteiger partial charge in [-0.2, -0.15) is 5.26 Å². The summed E-state index contributed by atoms with van der Waals surface area (Å²) in [4.78, 5) is 14.6. The molecule has 4 bridgehead atoms. The highest BCUT2D eigenvalue weighted by molar-refractivity contribution is 5.83. The summed E-state index contributed by atoms with van der Waals surface area (Å²) < 4.78 is 0. The minimum absolute atomic E-state index is 0.0606. The first-order valence-electron chi connectivity index (χ1n) is 8.63. The van der Waals surface area contributed by atoms with E-state index in [-0.39, 0.29) is 17.4 Å². The summed E-state index contributed by atoms with van der Waals surface area (Å²) in [5.74, 6) is 0.987. The number of nitriles is 1. The molecule has 4 saturated carbocycles. The Bertz CT molecular complexity index is 527. The van der Waals surface area contributed by atoms with E-state index >= 15 is 0 Å². The molecule has 1 saturated heterocycles. The smallest absolute Gasteiger partial charge is 0.241 e. The number of nitrogens with two attached hydrogens (primary N) is 1. The van der Waals surface area contributed by atoms with E-state index in [0.717, 1.165) is 38.5 Å². The van der Waals surface area contributed by atoms with Gasteiger partial charge < -0.3 is 15.7 Å². The fourth-order valence-electron chi connectivity index (χ4n) is 6.25. The zero-order chi connectivity index (χ0) is 15.5. The summed E-state index contributed by atoms with van der Waals surface area (Å²) in [6.45, 7) is 0.651. The SMILES string of the molecule is N#CC1CCCN1C(=O)C(N)C12CC3CC(CC(O)(C3)C1)C2. The molecule has 0 aromatic heterocycles. The normalized spacial score (nSPS) is 47.5. The zero-order valence-electron chi connectivity index (χ0n) is 13.0. The molecular weight excluding hydrogens is 278 g/mol. The van der Waals surface area contributed by atoms with Crippen molar-refractivity contribution < 1.29 is 9.90 Å². The topological polar surface area (TPSA) is 90.4 Å². The Balaban J connectivity index is 1.59. The monoisotopic (exact) mass is 303 g/mol. The van der Waals surface area contributed by atoms with Crippen molar-refractivity contribution in [3.05, 3.63) is 0 Å². The van der Waals surface area contributed by atoms with Crippen molar-refractivity contribution >= 4 is 5.91 Å². The van der Waals surface area contributed by atoms with Crippen LogP contribution in [-0.2, 0) is 4.79 Å². The van der Waals surface area contributed by atoms with Crippen LogP contribution in [0.3, 0.4) is 0 Å². The molecule has 5 heteroatoms. The summed E-state index contributed by atoms with van der Waals surface area (Å²) in [6.07, 6.45) is 7.23. The van der Waals surface area contributed by atoms with Gasteiger partial charge in [-0.25, -0.2) is 0 Å². The fraction of sp³-hybridized carbons (Fsp3) is 0.882. The van der Waals surface area contributed by atoms with Crippen molar-refractivity contribution in [2.45, 2.75) is 69.1 Å². The maximum Gasteiger partial charge on any atom is 0.241 e. The Morgan fingerprint density at radius 3 is 2.59 bits per heavy atom. The summed E-state index contributed by atoms with van der Waals surface area (Å²) >= 11 is 0. The van der Waals surface area contributed by atoms with Crippen LogP contribution in [0, 0.1) is 28.6 Å². The Hall–Kier alpha value is -1.12. The van der Waals surface area contributed by atoms with Gasteiger partial charge >= 0.3 is 0 Å². The molecule has 5 nitrogen and oxygen atoms in total. The summed E-state index contributed by atoms with van der Waals surface area (Å²) in [5.41, 5.74) is 5.63. The lowest BCUT2D eigenvalue weighted by Gasteiger charge is -2.61. The maximum atomic E-state index is 12.9. The first kappa shape index (κ1) is 14.5. The van der Waals surface area contributed by atoms with Gasteiger partial charge in [-0.1, -0.05) is 0 Å². The van der Waals surface area contributed by atoms with Gasteiger partial charge in [-0.15, -0.1) is 0 Å². The van der Waals surface area contributed by atoms with E-state index < -0.39 is 11.6 Å². The van der Waals surface area contributed by atoms with Gasteiger partial charge in [0.25, 0.3) is 0 Å². The van der Waals surface area contributed by atoms with Gasteiger partial charge in [0.05, 0.1) is 17.7 Å². The first-order valence-corrected chi connectivity index (χ1v) is 8.63. The highest BCUT2D eigenvalue weighted by Crippen LogP contribution is 2.62. The lowest BCUT2D eigenvalue weighted by molar-refractivity contribution is -0.177. The predicted octanol–water partition coefficient (Wildman–Crippen LogP) is 1.16. The minimum atomic E-state index is -0.596. The molecule has 0 aromatic carbocycles. The number of rotatable bonds is 2. The molecule has 5 fully saturated rings. The maximum absolute atomic E-state index is 12.9. The second kappa shape index (κ2) is 4.69. The summed E-state index contributed by atoms with van der Waals surface area (Å²) in [6, 6.07) is 1.36. The lowest BCUT2D eigenvalue weighted by atomic mass is 9.46. The standard InChI is InChI=1S/C17H25N3O2/c18-9-13-2-1-3-20(13)15(21)14(19)16-5-11-4-12(6-16)8-17(22,7-11)10-16/h11-14,22H,1-8,10,19H2. The van der Waals surface area contributed by atoms with Crippen LogP contribution in [0.4, 0.5) is 0 Å². The first-order chi connectivity index (χ1) is 10.4.